The Labute approximate surface area is 120 Å². The van der Waals surface area contributed by atoms with Gasteiger partial charge in [-0.3, -0.25) is 4.79 Å². The Morgan fingerprint density at radius 2 is 2.10 bits per heavy atom. The van der Waals surface area contributed by atoms with Crippen LogP contribution in [-0.4, -0.2) is 24.7 Å². The fraction of sp³-hybridized carbons (Fsp3) is 0.533. The van der Waals surface area contributed by atoms with E-state index in [0.29, 0.717) is 17.1 Å². The number of carbonyl (C=O) groups is 1. The van der Waals surface area contributed by atoms with E-state index in [4.69, 9.17) is 15.2 Å². The number of hydrogen-bond donors (Lipinski definition) is 2. The average Bonchev–Trinajstić information content (AvgIpc) is 2.40. The van der Waals surface area contributed by atoms with Gasteiger partial charge in [-0.15, -0.1) is 0 Å². The number of nitrogens with one attached hydrogen (secondary N) is 1. The van der Waals surface area contributed by atoms with Gasteiger partial charge in [0.2, 0.25) is 0 Å². The van der Waals surface area contributed by atoms with Crippen molar-refractivity contribution >= 4 is 17.3 Å². The Morgan fingerprint density at radius 1 is 1.45 bits per heavy atom. The Hall–Kier alpha value is -1.75. The first kappa shape index (κ1) is 16.3. The molecule has 112 valence electrons. The van der Waals surface area contributed by atoms with Crippen LogP contribution in [0.25, 0.3) is 0 Å². The molecule has 0 saturated carbocycles. The second-order valence-corrected chi connectivity index (χ2v) is 5.32. The fourth-order valence-electron chi connectivity index (χ4n) is 1.66. The van der Waals surface area contributed by atoms with Crippen LogP contribution in [0.3, 0.4) is 0 Å². The summed E-state index contributed by atoms with van der Waals surface area (Å²) in [6, 6.07) is 5.08. The third-order valence-electron chi connectivity index (χ3n) is 3.20. The van der Waals surface area contributed by atoms with E-state index in [2.05, 4.69) is 5.32 Å². The third kappa shape index (κ3) is 4.42. The van der Waals surface area contributed by atoms with E-state index in [1.807, 2.05) is 20.8 Å². The zero-order valence-electron chi connectivity index (χ0n) is 12.8. The van der Waals surface area contributed by atoms with Crippen molar-refractivity contribution in [3.05, 3.63) is 18.2 Å². The van der Waals surface area contributed by atoms with Crippen LogP contribution in [-0.2, 0) is 9.53 Å². The molecule has 0 aromatic heterocycles. The maximum atomic E-state index is 12.1. The van der Waals surface area contributed by atoms with Crippen molar-refractivity contribution in [2.24, 2.45) is 0 Å². The number of anilines is 2. The molecule has 20 heavy (non-hydrogen) atoms. The number of amides is 1. The minimum atomic E-state index is -0.549. The highest BCUT2D eigenvalue weighted by atomic mass is 16.5. The quantitative estimate of drug-likeness (QED) is 0.786. The van der Waals surface area contributed by atoms with Crippen LogP contribution in [0.15, 0.2) is 18.2 Å². The first-order valence-electron chi connectivity index (χ1n) is 6.71. The second kappa shape index (κ2) is 6.61. The summed E-state index contributed by atoms with van der Waals surface area (Å²) in [5, 5.41) is 2.79. The highest BCUT2D eigenvalue weighted by Crippen LogP contribution is 2.27. The van der Waals surface area contributed by atoms with Crippen LogP contribution in [0.2, 0.25) is 0 Å². The highest BCUT2D eigenvalue weighted by molar-refractivity contribution is 5.95. The predicted octanol–water partition coefficient (Wildman–Crippen LogP) is 2.81. The Bertz CT molecular complexity index is 472. The molecule has 5 nitrogen and oxygen atoms in total. The lowest BCUT2D eigenvalue weighted by atomic mass is 10.1. The summed E-state index contributed by atoms with van der Waals surface area (Å²) in [5.41, 5.74) is 6.51. The third-order valence-corrected chi connectivity index (χ3v) is 3.20. The van der Waals surface area contributed by atoms with Crippen LogP contribution >= 0.6 is 0 Å². The molecule has 1 amide bonds. The number of nitrogen functional groups attached to an aromatic ring is 1. The summed E-state index contributed by atoms with van der Waals surface area (Å²) in [6.07, 6.45) is 0.280. The average molecular weight is 280 g/mol. The monoisotopic (exact) mass is 280 g/mol. The van der Waals surface area contributed by atoms with E-state index in [-0.39, 0.29) is 11.5 Å². The maximum absolute atomic E-state index is 12.1. The molecule has 1 aromatic rings. The Balaban J connectivity index is 2.75. The second-order valence-electron chi connectivity index (χ2n) is 5.32. The fourth-order valence-corrected chi connectivity index (χ4v) is 1.66. The van der Waals surface area contributed by atoms with Crippen molar-refractivity contribution < 1.29 is 14.3 Å². The van der Waals surface area contributed by atoms with Crippen molar-refractivity contribution in [3.8, 4) is 5.75 Å². The number of carbonyl (C=O) groups excluding carboxylic acids is 1. The van der Waals surface area contributed by atoms with Crippen molar-refractivity contribution in [3.63, 3.8) is 0 Å². The van der Waals surface area contributed by atoms with Gasteiger partial charge < -0.3 is 20.5 Å². The van der Waals surface area contributed by atoms with Crippen molar-refractivity contribution in [1.29, 1.82) is 0 Å². The first-order valence-corrected chi connectivity index (χ1v) is 6.71. The summed E-state index contributed by atoms with van der Waals surface area (Å²) in [7, 11) is 1.53. The van der Waals surface area contributed by atoms with Gasteiger partial charge in [0.15, 0.2) is 0 Å². The van der Waals surface area contributed by atoms with Crippen molar-refractivity contribution in [1.82, 2.24) is 0 Å². The van der Waals surface area contributed by atoms with E-state index in [1.54, 1.807) is 25.1 Å². The lowest BCUT2D eigenvalue weighted by Gasteiger charge is -2.27. The molecule has 5 heteroatoms. The van der Waals surface area contributed by atoms with Crippen LogP contribution < -0.4 is 15.8 Å². The van der Waals surface area contributed by atoms with E-state index >= 15 is 0 Å². The molecule has 1 unspecified atom stereocenters. The number of ether oxygens (including phenoxy) is 2. The van der Waals surface area contributed by atoms with Gasteiger partial charge in [-0.05, 0) is 39.3 Å². The molecule has 0 saturated heterocycles. The first-order chi connectivity index (χ1) is 9.29. The molecule has 1 atom stereocenters. The zero-order valence-corrected chi connectivity index (χ0v) is 12.8. The molecule has 0 heterocycles. The van der Waals surface area contributed by atoms with E-state index in [0.717, 1.165) is 6.42 Å². The van der Waals surface area contributed by atoms with Gasteiger partial charge in [-0.1, -0.05) is 6.92 Å². The maximum Gasteiger partial charge on any atom is 0.253 e. The smallest absolute Gasteiger partial charge is 0.253 e. The van der Waals surface area contributed by atoms with Gasteiger partial charge in [-0.25, -0.2) is 0 Å². The molecule has 0 aliphatic heterocycles. The molecular weight excluding hydrogens is 256 g/mol. The number of benzene rings is 1. The number of methoxy groups -OCH3 is 1. The van der Waals surface area contributed by atoms with Gasteiger partial charge in [0.05, 0.1) is 18.4 Å². The normalized spacial score (nSPS) is 12.8. The molecule has 0 aliphatic carbocycles. The van der Waals surface area contributed by atoms with Gasteiger partial charge >= 0.3 is 0 Å². The van der Waals surface area contributed by atoms with Gasteiger partial charge in [-0.2, -0.15) is 0 Å². The molecule has 3 N–H and O–H groups in total. The SMILES string of the molecule is CCC(C)(C)OC(C)C(=O)Nc1ccc(N)cc1OC. The molecule has 1 aromatic carbocycles. The highest BCUT2D eigenvalue weighted by Gasteiger charge is 2.24. The predicted molar refractivity (Wildman–Crippen MR) is 81.0 cm³/mol. The summed E-state index contributed by atoms with van der Waals surface area (Å²) in [6.45, 7) is 7.67. The van der Waals surface area contributed by atoms with Crippen molar-refractivity contribution in [2.75, 3.05) is 18.2 Å². The summed E-state index contributed by atoms with van der Waals surface area (Å²) in [4.78, 5) is 12.1. The molecule has 0 aliphatic rings. The molecule has 0 spiro atoms. The summed E-state index contributed by atoms with van der Waals surface area (Å²) in [5.74, 6) is 0.315. The van der Waals surface area contributed by atoms with E-state index in [9.17, 15) is 4.79 Å². The number of hydrogen-bond acceptors (Lipinski definition) is 4. The van der Waals surface area contributed by atoms with E-state index < -0.39 is 6.10 Å². The lowest BCUT2D eigenvalue weighted by molar-refractivity contribution is -0.137. The topological polar surface area (TPSA) is 73.6 Å². The summed E-state index contributed by atoms with van der Waals surface area (Å²) >= 11 is 0. The molecule has 0 bridgehead atoms. The van der Waals surface area contributed by atoms with Crippen LogP contribution in [0.5, 0.6) is 5.75 Å². The lowest BCUT2D eigenvalue weighted by Crippen LogP contribution is -2.36. The van der Waals surface area contributed by atoms with Crippen LogP contribution in [0.4, 0.5) is 11.4 Å². The molecular formula is C15H24N2O3. The molecule has 0 fully saturated rings. The minimum Gasteiger partial charge on any atom is -0.494 e. The van der Waals surface area contributed by atoms with Gasteiger partial charge in [0.25, 0.3) is 5.91 Å². The van der Waals surface area contributed by atoms with E-state index in [1.165, 1.54) is 7.11 Å². The Morgan fingerprint density at radius 3 is 2.65 bits per heavy atom. The van der Waals surface area contributed by atoms with Crippen LogP contribution in [0, 0.1) is 0 Å². The Kier molecular flexibility index (Phi) is 5.39. The van der Waals surface area contributed by atoms with Crippen molar-refractivity contribution in [2.45, 2.75) is 45.8 Å². The zero-order chi connectivity index (χ0) is 15.3. The molecule has 0 radical (unpaired) electrons. The number of rotatable bonds is 6. The van der Waals surface area contributed by atoms with Crippen LogP contribution in [0.1, 0.15) is 34.1 Å². The standard InChI is InChI=1S/C15H24N2O3/c1-6-15(3,4)20-10(2)14(18)17-12-8-7-11(16)9-13(12)19-5/h7-10H,6,16H2,1-5H3,(H,17,18). The number of nitrogens with two attached hydrogens (primary N) is 1. The minimum absolute atomic E-state index is 0.213. The molecule has 1 rings (SSSR count). The largest absolute Gasteiger partial charge is 0.494 e. The summed E-state index contributed by atoms with van der Waals surface area (Å²) < 4.78 is 10.9. The van der Waals surface area contributed by atoms with Gasteiger partial charge in [0.1, 0.15) is 11.9 Å². The van der Waals surface area contributed by atoms with Gasteiger partial charge in [0, 0.05) is 11.8 Å².